The van der Waals surface area contributed by atoms with Gasteiger partial charge in [-0.25, -0.2) is 4.79 Å². The van der Waals surface area contributed by atoms with Crippen molar-refractivity contribution in [3.63, 3.8) is 0 Å². The summed E-state index contributed by atoms with van der Waals surface area (Å²) in [4.78, 5) is 26.4. The zero-order chi connectivity index (χ0) is 20.5. The molecule has 1 aromatic rings. The standard InChI is InChI=1S/C19H32N4O3S2/c1-5-26-16(24)12-27-19-22-21-17(28-19)20-18(25)23(11-10-13(2)3)15-8-6-14(4)7-9-15/h13-15H,5-12H2,1-4H3,(H,20,21,25). The fourth-order valence-corrected chi connectivity index (χ4v) is 4.75. The van der Waals surface area contributed by atoms with Crippen LogP contribution in [0.15, 0.2) is 4.34 Å². The number of amides is 2. The molecule has 158 valence electrons. The van der Waals surface area contributed by atoms with E-state index in [9.17, 15) is 9.59 Å². The predicted molar refractivity (Wildman–Crippen MR) is 114 cm³/mol. The van der Waals surface area contributed by atoms with Crippen LogP contribution in [0.3, 0.4) is 0 Å². The number of carbonyl (C=O) groups excluding carboxylic acids is 2. The van der Waals surface area contributed by atoms with Crippen molar-refractivity contribution < 1.29 is 14.3 Å². The topological polar surface area (TPSA) is 84.4 Å². The highest BCUT2D eigenvalue weighted by molar-refractivity contribution is 8.01. The van der Waals surface area contributed by atoms with Crippen molar-refractivity contribution >= 4 is 40.2 Å². The lowest BCUT2D eigenvalue weighted by molar-refractivity contribution is -0.139. The van der Waals surface area contributed by atoms with Gasteiger partial charge in [-0.2, -0.15) is 0 Å². The van der Waals surface area contributed by atoms with Gasteiger partial charge in [-0.15, -0.1) is 10.2 Å². The summed E-state index contributed by atoms with van der Waals surface area (Å²) in [6, 6.07) is 0.193. The Morgan fingerprint density at radius 3 is 2.64 bits per heavy atom. The Morgan fingerprint density at radius 1 is 1.29 bits per heavy atom. The first-order valence-corrected chi connectivity index (χ1v) is 11.9. The number of nitrogens with one attached hydrogen (secondary N) is 1. The highest BCUT2D eigenvalue weighted by Crippen LogP contribution is 2.29. The summed E-state index contributed by atoms with van der Waals surface area (Å²) in [5, 5.41) is 11.5. The van der Waals surface area contributed by atoms with Gasteiger partial charge in [0.05, 0.1) is 12.4 Å². The molecule has 0 spiro atoms. The van der Waals surface area contributed by atoms with Gasteiger partial charge in [0.2, 0.25) is 5.13 Å². The van der Waals surface area contributed by atoms with Crippen LogP contribution in [-0.4, -0.2) is 52.0 Å². The SMILES string of the molecule is CCOC(=O)CSc1nnc(NC(=O)N(CCC(C)C)C2CCC(C)CC2)s1. The van der Waals surface area contributed by atoms with Crippen LogP contribution in [0.5, 0.6) is 0 Å². The smallest absolute Gasteiger partial charge is 0.323 e. The third-order valence-electron chi connectivity index (χ3n) is 4.87. The van der Waals surface area contributed by atoms with E-state index >= 15 is 0 Å². The average molecular weight is 429 g/mol. The van der Waals surface area contributed by atoms with Crippen LogP contribution in [0.2, 0.25) is 0 Å². The lowest BCUT2D eigenvalue weighted by atomic mass is 9.86. The van der Waals surface area contributed by atoms with E-state index in [4.69, 9.17) is 4.74 Å². The molecule has 28 heavy (non-hydrogen) atoms. The van der Waals surface area contributed by atoms with E-state index in [0.29, 0.717) is 28.0 Å². The van der Waals surface area contributed by atoms with Gasteiger partial charge in [-0.05, 0) is 50.9 Å². The molecule has 1 aliphatic carbocycles. The minimum atomic E-state index is -0.278. The number of rotatable bonds is 9. The summed E-state index contributed by atoms with van der Waals surface area (Å²) >= 11 is 2.56. The van der Waals surface area contributed by atoms with E-state index in [-0.39, 0.29) is 17.8 Å². The normalized spacial score (nSPS) is 19.5. The summed E-state index contributed by atoms with van der Waals surface area (Å²) in [7, 11) is 0. The van der Waals surface area contributed by atoms with E-state index in [1.54, 1.807) is 6.92 Å². The van der Waals surface area contributed by atoms with Crippen molar-refractivity contribution in [3.8, 4) is 0 Å². The first-order chi connectivity index (χ1) is 13.4. The fraction of sp³-hybridized carbons (Fsp3) is 0.789. The Kier molecular flexibility index (Phi) is 9.50. The van der Waals surface area contributed by atoms with Gasteiger partial charge in [0.25, 0.3) is 0 Å². The quantitative estimate of drug-likeness (QED) is 0.350. The molecule has 0 aromatic carbocycles. The largest absolute Gasteiger partial charge is 0.465 e. The molecule has 1 saturated carbocycles. The van der Waals surface area contributed by atoms with Crippen LogP contribution in [-0.2, 0) is 9.53 Å². The number of ether oxygens (including phenoxy) is 1. The van der Waals surface area contributed by atoms with Crippen LogP contribution >= 0.6 is 23.1 Å². The molecular formula is C19H32N4O3S2. The maximum atomic E-state index is 12.9. The molecule has 0 atom stereocenters. The molecule has 1 N–H and O–H groups in total. The van der Waals surface area contributed by atoms with Crippen LogP contribution in [0.25, 0.3) is 0 Å². The fourth-order valence-electron chi connectivity index (χ4n) is 3.21. The summed E-state index contributed by atoms with van der Waals surface area (Å²) in [5.41, 5.74) is 0. The molecule has 2 rings (SSSR count). The molecule has 1 aromatic heterocycles. The lowest BCUT2D eigenvalue weighted by Gasteiger charge is -2.36. The third-order valence-corrected chi connectivity index (χ3v) is 6.82. The van der Waals surface area contributed by atoms with Crippen LogP contribution in [0.1, 0.15) is 59.8 Å². The molecule has 1 aliphatic rings. The van der Waals surface area contributed by atoms with Gasteiger partial charge < -0.3 is 9.64 Å². The van der Waals surface area contributed by atoms with Crippen molar-refractivity contribution in [2.75, 3.05) is 24.2 Å². The summed E-state index contributed by atoms with van der Waals surface area (Å²) < 4.78 is 5.55. The second kappa shape index (κ2) is 11.6. The second-order valence-corrected chi connectivity index (χ2v) is 9.89. The molecule has 2 amide bonds. The lowest BCUT2D eigenvalue weighted by Crippen LogP contribution is -2.45. The van der Waals surface area contributed by atoms with Crippen LogP contribution in [0, 0.1) is 11.8 Å². The molecule has 7 nitrogen and oxygen atoms in total. The van der Waals surface area contributed by atoms with Gasteiger partial charge in [-0.3, -0.25) is 10.1 Å². The maximum absolute atomic E-state index is 12.9. The molecule has 1 fully saturated rings. The van der Waals surface area contributed by atoms with Gasteiger partial charge >= 0.3 is 12.0 Å². The minimum absolute atomic E-state index is 0.0988. The Labute approximate surface area is 176 Å². The predicted octanol–water partition coefficient (Wildman–Crippen LogP) is 4.65. The molecular weight excluding hydrogens is 396 g/mol. The molecule has 0 unspecified atom stereocenters. The molecule has 0 bridgehead atoms. The summed E-state index contributed by atoms with van der Waals surface area (Å²) in [6.07, 6.45) is 5.44. The number of thioether (sulfide) groups is 1. The number of hydrogen-bond acceptors (Lipinski definition) is 7. The third kappa shape index (κ3) is 7.58. The van der Waals surface area contributed by atoms with Gasteiger partial charge in [0.1, 0.15) is 0 Å². The summed E-state index contributed by atoms with van der Waals surface area (Å²) in [5.74, 6) is 1.20. The monoisotopic (exact) mass is 428 g/mol. The van der Waals surface area contributed by atoms with Crippen molar-refractivity contribution in [2.45, 2.75) is 70.2 Å². The molecule has 0 radical (unpaired) electrons. The van der Waals surface area contributed by atoms with E-state index < -0.39 is 0 Å². The Bertz CT molecular complexity index is 630. The van der Waals surface area contributed by atoms with Crippen molar-refractivity contribution in [1.82, 2.24) is 15.1 Å². The first kappa shape index (κ1) is 22.9. The first-order valence-electron chi connectivity index (χ1n) is 10.1. The number of aromatic nitrogens is 2. The number of nitrogens with zero attached hydrogens (tertiary/aromatic N) is 3. The highest BCUT2D eigenvalue weighted by Gasteiger charge is 2.28. The van der Waals surface area contributed by atoms with Crippen LogP contribution < -0.4 is 5.32 Å². The van der Waals surface area contributed by atoms with E-state index in [1.807, 2.05) is 4.90 Å². The molecule has 0 aliphatic heterocycles. The van der Waals surface area contributed by atoms with Crippen LogP contribution in [0.4, 0.5) is 9.93 Å². The number of carbonyl (C=O) groups is 2. The minimum Gasteiger partial charge on any atom is -0.465 e. The van der Waals surface area contributed by atoms with Gasteiger partial charge in [-0.1, -0.05) is 43.9 Å². The Hall–Kier alpha value is -1.35. The van der Waals surface area contributed by atoms with E-state index in [2.05, 4.69) is 36.3 Å². The van der Waals surface area contributed by atoms with E-state index in [1.165, 1.54) is 35.9 Å². The molecule has 0 saturated heterocycles. The average Bonchev–Trinajstić information content (AvgIpc) is 3.09. The molecule has 9 heteroatoms. The van der Waals surface area contributed by atoms with Crippen molar-refractivity contribution in [3.05, 3.63) is 0 Å². The molecule has 1 heterocycles. The summed E-state index contributed by atoms with van der Waals surface area (Å²) in [6.45, 7) is 9.53. The Balaban J connectivity index is 1.93. The number of urea groups is 1. The second-order valence-electron chi connectivity index (χ2n) is 7.69. The number of esters is 1. The zero-order valence-corrected chi connectivity index (χ0v) is 18.9. The zero-order valence-electron chi connectivity index (χ0n) is 17.3. The Morgan fingerprint density at radius 2 is 2.00 bits per heavy atom. The number of hydrogen-bond donors (Lipinski definition) is 1. The highest BCUT2D eigenvalue weighted by atomic mass is 32.2. The number of anilines is 1. The van der Waals surface area contributed by atoms with Crippen molar-refractivity contribution in [1.29, 1.82) is 0 Å². The maximum Gasteiger partial charge on any atom is 0.323 e. The van der Waals surface area contributed by atoms with Gasteiger partial charge in [0, 0.05) is 12.6 Å². The van der Waals surface area contributed by atoms with Gasteiger partial charge in [0.15, 0.2) is 4.34 Å². The van der Waals surface area contributed by atoms with E-state index in [0.717, 1.165) is 31.7 Å². The van der Waals surface area contributed by atoms with Crippen molar-refractivity contribution in [2.24, 2.45) is 11.8 Å².